The molecule has 2 unspecified atom stereocenters. The highest BCUT2D eigenvalue weighted by molar-refractivity contribution is 6.08. The Balaban J connectivity index is 1.22. The molecule has 2 heterocycles. The first kappa shape index (κ1) is 50.3. The van der Waals surface area contributed by atoms with Crippen LogP contribution in [0.1, 0.15) is 141 Å². The van der Waals surface area contributed by atoms with Gasteiger partial charge in [0.1, 0.15) is 0 Å². The van der Waals surface area contributed by atoms with Crippen molar-refractivity contribution in [2.75, 3.05) is 47.7 Å². The second kappa shape index (κ2) is 23.2. The number of benzene rings is 4. The van der Waals surface area contributed by atoms with Crippen LogP contribution in [0, 0.1) is 0 Å². The number of nitrogens with one attached hydrogen (secondary N) is 4. The zero-order chi connectivity index (χ0) is 48.3. The van der Waals surface area contributed by atoms with Crippen molar-refractivity contribution in [2.45, 2.75) is 153 Å². The molecular formula is C54H70N4O10-2. The Labute approximate surface area is 401 Å². The molecule has 14 heteroatoms. The molecule has 4 aromatic carbocycles. The Bertz CT molecular complexity index is 2240. The first-order valence-electron chi connectivity index (χ1n) is 24.9. The summed E-state index contributed by atoms with van der Waals surface area (Å²) in [5.41, 5.74) is 0.491. The van der Waals surface area contributed by atoms with Crippen LogP contribution in [0.15, 0.2) is 85.3 Å². The van der Waals surface area contributed by atoms with Gasteiger partial charge in [-0.25, -0.2) is 0 Å². The van der Waals surface area contributed by atoms with Crippen LogP contribution < -0.4 is 31.5 Å². The lowest BCUT2D eigenvalue weighted by atomic mass is 9.62. The molecule has 1 saturated carbocycles. The summed E-state index contributed by atoms with van der Waals surface area (Å²) < 4.78 is 11.4. The Morgan fingerprint density at radius 1 is 0.529 bits per heavy atom. The van der Waals surface area contributed by atoms with Gasteiger partial charge in [0, 0.05) is 33.5 Å². The van der Waals surface area contributed by atoms with Crippen LogP contribution in [0.3, 0.4) is 0 Å². The van der Waals surface area contributed by atoms with Gasteiger partial charge in [-0.2, -0.15) is 9.78 Å². The van der Waals surface area contributed by atoms with E-state index in [1.54, 1.807) is 0 Å². The highest BCUT2D eigenvalue weighted by Gasteiger charge is 2.48. The molecule has 7 rings (SSSR count). The number of hydrogen-bond acceptors (Lipinski definition) is 14. The first-order valence-corrected chi connectivity index (χ1v) is 24.9. The van der Waals surface area contributed by atoms with Crippen molar-refractivity contribution >= 4 is 56.2 Å². The standard InChI is InChI=1S/C54H70N4O10/c1-7-11-15-29-63-43(59)33-53(35(5)67-65-31-17-13-9-3)55-41-23-19-21-37-25-27-39(49(57-53)45(37)41)47-51(61)48(52(47)62)40-28-26-38-22-20-24-42-46(38)50(40)58-54(56-42,34-44(60)64-30-16-12-8-2)36(6)68-66-32-18-14-10-4/h19-28,47-48,51-52,55-58H,5-18,29-34H2,1-4H3/q-2. The first-order chi connectivity index (χ1) is 33.0. The minimum absolute atomic E-state index is 0.0943. The molecule has 1 aliphatic carbocycles. The van der Waals surface area contributed by atoms with E-state index in [-0.39, 0.29) is 37.6 Å². The summed E-state index contributed by atoms with van der Waals surface area (Å²) in [7, 11) is 0. The second-order valence-corrected chi connectivity index (χ2v) is 18.4. The molecule has 0 spiro atoms. The molecule has 0 saturated heterocycles. The summed E-state index contributed by atoms with van der Waals surface area (Å²) in [5.74, 6) is -2.77. The van der Waals surface area contributed by atoms with Crippen molar-refractivity contribution in [2.24, 2.45) is 0 Å². The number of ether oxygens (including phenoxy) is 2. The molecule has 0 bridgehead atoms. The summed E-state index contributed by atoms with van der Waals surface area (Å²) in [4.78, 5) is 50.2. The Kier molecular flexibility index (Phi) is 17.2. The van der Waals surface area contributed by atoms with Crippen molar-refractivity contribution in [3.05, 3.63) is 96.5 Å². The summed E-state index contributed by atoms with van der Waals surface area (Å²) in [5, 5.41) is 47.4. The van der Waals surface area contributed by atoms with Crippen LogP contribution in [0.25, 0.3) is 21.5 Å². The minimum atomic E-state index is -1.47. The van der Waals surface area contributed by atoms with Gasteiger partial charge in [0.2, 0.25) is 0 Å². The van der Waals surface area contributed by atoms with Gasteiger partial charge in [-0.15, -0.1) is 12.2 Å². The average molecular weight is 935 g/mol. The van der Waals surface area contributed by atoms with Gasteiger partial charge in [-0.1, -0.05) is 141 Å². The predicted molar refractivity (Wildman–Crippen MR) is 263 cm³/mol. The molecular weight excluding hydrogens is 865 g/mol. The fraction of sp³-hybridized carbons (Fsp3) is 0.519. The maximum atomic E-state index is 15.1. The number of hydrogen-bond donors (Lipinski definition) is 4. The second-order valence-electron chi connectivity index (χ2n) is 18.4. The van der Waals surface area contributed by atoms with Crippen LogP contribution in [0.4, 0.5) is 22.7 Å². The Morgan fingerprint density at radius 2 is 0.912 bits per heavy atom. The van der Waals surface area contributed by atoms with Gasteiger partial charge in [0.05, 0.1) is 39.3 Å². The van der Waals surface area contributed by atoms with E-state index in [9.17, 15) is 9.59 Å². The van der Waals surface area contributed by atoms with Crippen molar-refractivity contribution in [3.8, 4) is 0 Å². The fourth-order valence-electron chi connectivity index (χ4n) is 9.61. The third-order valence-corrected chi connectivity index (χ3v) is 13.4. The molecule has 0 aromatic heterocycles. The van der Waals surface area contributed by atoms with E-state index >= 15 is 10.2 Å². The van der Waals surface area contributed by atoms with Gasteiger partial charge in [-0.05, 0) is 71.6 Å². The van der Waals surface area contributed by atoms with Crippen LogP contribution in [-0.2, 0) is 38.6 Å². The molecule has 0 radical (unpaired) electrons. The van der Waals surface area contributed by atoms with Crippen molar-refractivity contribution in [1.29, 1.82) is 0 Å². The molecule has 368 valence electrons. The topological polar surface area (TPSA) is 184 Å². The third kappa shape index (κ3) is 10.8. The normalized spacial score (nSPS) is 22.2. The molecule has 4 N–H and O–H groups in total. The Hall–Kier alpha value is -5.54. The number of unbranched alkanes of at least 4 members (excludes halogenated alkanes) is 8. The van der Waals surface area contributed by atoms with Gasteiger partial charge in [-0.3, -0.25) is 9.59 Å². The van der Waals surface area contributed by atoms with Gasteiger partial charge in [0.15, 0.2) is 22.8 Å². The zero-order valence-electron chi connectivity index (χ0n) is 40.3. The van der Waals surface area contributed by atoms with Crippen LogP contribution in [0.5, 0.6) is 0 Å². The predicted octanol–water partition coefficient (Wildman–Crippen LogP) is 9.95. The third-order valence-electron chi connectivity index (χ3n) is 13.4. The van der Waals surface area contributed by atoms with Gasteiger partial charge in [0.25, 0.3) is 0 Å². The van der Waals surface area contributed by atoms with E-state index in [0.29, 0.717) is 47.1 Å². The van der Waals surface area contributed by atoms with Crippen molar-refractivity contribution in [1.82, 2.24) is 0 Å². The lowest BCUT2D eigenvalue weighted by molar-refractivity contribution is -0.535. The monoisotopic (exact) mass is 935 g/mol. The lowest BCUT2D eigenvalue weighted by Gasteiger charge is -2.62. The molecule has 1 fully saturated rings. The van der Waals surface area contributed by atoms with E-state index in [2.05, 4.69) is 62.1 Å². The number of anilines is 4. The highest BCUT2D eigenvalue weighted by Crippen LogP contribution is 2.55. The zero-order valence-corrected chi connectivity index (χ0v) is 40.3. The molecule has 0 amide bonds. The Morgan fingerprint density at radius 3 is 1.29 bits per heavy atom. The molecule has 3 aliphatic rings. The van der Waals surface area contributed by atoms with E-state index < -0.39 is 47.3 Å². The average Bonchev–Trinajstić information content (AvgIpc) is 3.33. The lowest BCUT2D eigenvalue weighted by Crippen LogP contribution is -2.64. The summed E-state index contributed by atoms with van der Waals surface area (Å²) in [6.45, 7) is 18.0. The maximum Gasteiger partial charge on any atom is 0.310 e. The van der Waals surface area contributed by atoms with Crippen LogP contribution >= 0.6 is 0 Å². The van der Waals surface area contributed by atoms with E-state index in [0.717, 1.165) is 98.6 Å². The fourth-order valence-corrected chi connectivity index (χ4v) is 9.61. The van der Waals surface area contributed by atoms with Crippen LogP contribution in [0.2, 0.25) is 0 Å². The van der Waals surface area contributed by atoms with Crippen LogP contribution in [-0.4, -0.2) is 61.9 Å². The molecule has 4 aromatic rings. The number of esters is 2. The summed E-state index contributed by atoms with van der Waals surface area (Å²) in [6, 6.07) is 19.0. The smallest absolute Gasteiger partial charge is 0.310 e. The van der Waals surface area contributed by atoms with Crippen molar-refractivity contribution < 1.29 is 48.8 Å². The molecule has 68 heavy (non-hydrogen) atoms. The quantitative estimate of drug-likeness (QED) is 0.0139. The van der Waals surface area contributed by atoms with E-state index in [1.807, 2.05) is 60.7 Å². The molecule has 14 nitrogen and oxygen atoms in total. The van der Waals surface area contributed by atoms with Crippen molar-refractivity contribution in [3.63, 3.8) is 0 Å². The maximum absolute atomic E-state index is 15.1. The number of carbonyl (C=O) groups excluding carboxylic acids is 2. The summed E-state index contributed by atoms with van der Waals surface area (Å²) >= 11 is 0. The summed E-state index contributed by atoms with van der Waals surface area (Å²) in [6.07, 6.45) is 7.46. The molecule has 2 atom stereocenters. The van der Waals surface area contributed by atoms with Gasteiger partial charge >= 0.3 is 11.9 Å². The van der Waals surface area contributed by atoms with Gasteiger partial charge < -0.3 is 50.7 Å². The van der Waals surface area contributed by atoms with E-state index in [1.165, 1.54) is 0 Å². The number of rotatable bonds is 28. The minimum Gasteiger partial charge on any atom is -0.851 e. The van der Waals surface area contributed by atoms with E-state index in [4.69, 9.17) is 29.0 Å². The largest absolute Gasteiger partial charge is 0.851 e. The molecule has 2 aliphatic heterocycles. The SMILES string of the molecule is C=C(OOCCCCC)C1(CC(=O)OCCCCC)Nc2cccc3ccc(C4C([O-])C(c5ccc6cccc7c6c5NC(CC(=O)OCCCCC)(C(=C)OOCCCCC)N7)C4[O-])c(c23)N1. The highest BCUT2D eigenvalue weighted by atomic mass is 17.2. The number of carbonyl (C=O) groups is 2.